The van der Waals surface area contributed by atoms with Crippen LogP contribution in [0.5, 0.6) is 0 Å². The summed E-state index contributed by atoms with van der Waals surface area (Å²) in [7, 11) is 0. The number of carbonyl (C=O) groups excluding carboxylic acids is 1. The first kappa shape index (κ1) is 21.0. The molecule has 0 bridgehead atoms. The van der Waals surface area contributed by atoms with E-state index in [2.05, 4.69) is 15.0 Å². The molecule has 1 amide bonds. The average Bonchev–Trinajstić information content (AvgIpc) is 2.79. The van der Waals surface area contributed by atoms with Crippen molar-refractivity contribution in [1.29, 1.82) is 0 Å². The van der Waals surface area contributed by atoms with Gasteiger partial charge in [0.15, 0.2) is 0 Å². The zero-order valence-corrected chi connectivity index (χ0v) is 16.7. The number of amides is 1. The van der Waals surface area contributed by atoms with E-state index in [1.807, 2.05) is 12.1 Å². The van der Waals surface area contributed by atoms with Gasteiger partial charge in [-0.3, -0.25) is 19.7 Å². The molecule has 4 rings (SSSR count). The summed E-state index contributed by atoms with van der Waals surface area (Å²) >= 11 is 0. The van der Waals surface area contributed by atoms with E-state index in [1.54, 1.807) is 29.4 Å². The number of piperidine rings is 1. The van der Waals surface area contributed by atoms with Gasteiger partial charge < -0.3 is 4.90 Å². The second kappa shape index (κ2) is 8.83. The highest BCUT2D eigenvalue weighted by Crippen LogP contribution is 2.35. The zero-order valence-electron chi connectivity index (χ0n) is 16.7. The summed E-state index contributed by atoms with van der Waals surface area (Å²) in [4.78, 5) is 27.6. The number of alkyl halides is 3. The van der Waals surface area contributed by atoms with E-state index in [0.29, 0.717) is 35.7 Å². The van der Waals surface area contributed by atoms with E-state index in [4.69, 9.17) is 0 Å². The van der Waals surface area contributed by atoms with Crippen molar-refractivity contribution >= 4 is 5.91 Å². The molecule has 0 aliphatic carbocycles. The number of aromatic nitrogens is 3. The van der Waals surface area contributed by atoms with E-state index in [1.165, 1.54) is 12.3 Å². The molecule has 1 fully saturated rings. The Hall–Kier alpha value is -3.29. The van der Waals surface area contributed by atoms with Gasteiger partial charge in [0.2, 0.25) is 5.91 Å². The quantitative estimate of drug-likeness (QED) is 0.616. The van der Waals surface area contributed by atoms with Crippen LogP contribution in [0.1, 0.15) is 35.7 Å². The van der Waals surface area contributed by atoms with E-state index in [0.717, 1.165) is 25.0 Å². The molecule has 1 aliphatic rings. The number of hydrogen-bond donors (Lipinski definition) is 0. The van der Waals surface area contributed by atoms with E-state index >= 15 is 0 Å². The Morgan fingerprint density at radius 1 is 1.03 bits per heavy atom. The monoisotopic (exact) mass is 426 g/mol. The smallest absolute Gasteiger partial charge is 0.342 e. The molecule has 0 spiro atoms. The lowest BCUT2D eigenvalue weighted by Gasteiger charge is -2.33. The molecule has 1 atom stereocenters. The van der Waals surface area contributed by atoms with Gasteiger partial charge in [0.25, 0.3) is 0 Å². The lowest BCUT2D eigenvalue weighted by molar-refractivity contribution is -0.137. The predicted octanol–water partition coefficient (Wildman–Crippen LogP) is 4.51. The standard InChI is InChI=1S/C23H21F3N4O/c24-23(25,26)18-7-3-5-16(13-18)21-22(29-11-10-28-21)17-6-4-12-30(15-17)20(31)14-19-8-1-2-9-27-19/h1-3,5,7-11,13,17H,4,6,12,14-15H2/t17-/m1/s1. The Labute approximate surface area is 178 Å². The summed E-state index contributed by atoms with van der Waals surface area (Å²) in [5.41, 5.74) is 1.40. The first-order valence-electron chi connectivity index (χ1n) is 10.1. The second-order valence-electron chi connectivity index (χ2n) is 7.55. The second-order valence-corrected chi connectivity index (χ2v) is 7.55. The Bertz CT molecular complexity index is 1060. The molecule has 8 heteroatoms. The number of rotatable bonds is 4. The van der Waals surface area contributed by atoms with Crippen LogP contribution in [0, 0.1) is 0 Å². The van der Waals surface area contributed by atoms with Crippen molar-refractivity contribution in [3.63, 3.8) is 0 Å². The molecular formula is C23H21F3N4O. The maximum absolute atomic E-state index is 13.2. The van der Waals surface area contributed by atoms with Crippen LogP contribution in [0.15, 0.2) is 61.1 Å². The molecule has 3 aromatic rings. The minimum atomic E-state index is -4.43. The summed E-state index contributed by atoms with van der Waals surface area (Å²) in [6.45, 7) is 1.09. The minimum Gasteiger partial charge on any atom is -0.342 e. The number of pyridine rings is 1. The minimum absolute atomic E-state index is 0.0205. The van der Waals surface area contributed by atoms with Crippen molar-refractivity contribution in [1.82, 2.24) is 19.9 Å². The summed E-state index contributed by atoms with van der Waals surface area (Å²) < 4.78 is 39.5. The van der Waals surface area contributed by atoms with E-state index < -0.39 is 11.7 Å². The van der Waals surface area contributed by atoms with Crippen LogP contribution < -0.4 is 0 Å². The number of halogens is 3. The molecule has 3 heterocycles. The molecule has 2 aromatic heterocycles. The first-order chi connectivity index (χ1) is 14.9. The number of nitrogens with zero attached hydrogens (tertiary/aromatic N) is 4. The fourth-order valence-electron chi connectivity index (χ4n) is 3.91. The molecule has 0 radical (unpaired) electrons. The SMILES string of the molecule is O=C(Cc1ccccn1)N1CCC[C@@H](c2nccnc2-c2cccc(C(F)(F)F)c2)C1. The van der Waals surface area contributed by atoms with Crippen LogP contribution in [0.3, 0.4) is 0 Å². The van der Waals surface area contributed by atoms with Gasteiger partial charge in [-0.25, -0.2) is 0 Å². The highest BCUT2D eigenvalue weighted by atomic mass is 19.4. The van der Waals surface area contributed by atoms with Crippen molar-refractivity contribution in [2.45, 2.75) is 31.4 Å². The highest BCUT2D eigenvalue weighted by Gasteiger charge is 2.32. The lowest BCUT2D eigenvalue weighted by Crippen LogP contribution is -2.40. The number of hydrogen-bond acceptors (Lipinski definition) is 4. The predicted molar refractivity (Wildman–Crippen MR) is 109 cm³/mol. The summed E-state index contributed by atoms with van der Waals surface area (Å²) in [6, 6.07) is 10.6. The van der Waals surface area contributed by atoms with Gasteiger partial charge in [0, 0.05) is 48.9 Å². The van der Waals surface area contributed by atoms with Crippen LogP contribution in [0.2, 0.25) is 0 Å². The maximum Gasteiger partial charge on any atom is 0.416 e. The summed E-state index contributed by atoms with van der Waals surface area (Å²) in [6.07, 6.45) is 2.04. The van der Waals surface area contributed by atoms with Gasteiger partial charge in [0.05, 0.1) is 23.4 Å². The van der Waals surface area contributed by atoms with Crippen LogP contribution in [-0.4, -0.2) is 38.8 Å². The third kappa shape index (κ3) is 4.90. The normalized spacial score (nSPS) is 16.9. The first-order valence-corrected chi connectivity index (χ1v) is 10.1. The lowest BCUT2D eigenvalue weighted by atomic mass is 9.91. The highest BCUT2D eigenvalue weighted by molar-refractivity contribution is 5.78. The number of carbonyl (C=O) groups is 1. The molecule has 1 saturated heterocycles. The van der Waals surface area contributed by atoms with Crippen molar-refractivity contribution in [2.75, 3.05) is 13.1 Å². The third-order valence-corrected chi connectivity index (χ3v) is 5.41. The van der Waals surface area contributed by atoms with Gasteiger partial charge in [-0.15, -0.1) is 0 Å². The molecule has 1 aromatic carbocycles. The zero-order chi connectivity index (χ0) is 21.8. The summed E-state index contributed by atoms with van der Waals surface area (Å²) in [5, 5.41) is 0. The van der Waals surface area contributed by atoms with Gasteiger partial charge in [0.1, 0.15) is 0 Å². The number of benzene rings is 1. The van der Waals surface area contributed by atoms with Gasteiger partial charge in [-0.05, 0) is 37.1 Å². The van der Waals surface area contributed by atoms with E-state index in [-0.39, 0.29) is 18.2 Å². The Morgan fingerprint density at radius 2 is 1.87 bits per heavy atom. The number of likely N-dealkylation sites (tertiary alicyclic amines) is 1. The van der Waals surface area contributed by atoms with Crippen molar-refractivity contribution < 1.29 is 18.0 Å². The topological polar surface area (TPSA) is 59.0 Å². The molecule has 1 aliphatic heterocycles. The van der Waals surface area contributed by atoms with Crippen LogP contribution >= 0.6 is 0 Å². The van der Waals surface area contributed by atoms with Crippen molar-refractivity contribution in [2.24, 2.45) is 0 Å². The van der Waals surface area contributed by atoms with E-state index in [9.17, 15) is 18.0 Å². The summed E-state index contributed by atoms with van der Waals surface area (Å²) in [5.74, 6) is -0.118. The maximum atomic E-state index is 13.2. The average molecular weight is 426 g/mol. The molecule has 0 saturated carbocycles. The van der Waals surface area contributed by atoms with Crippen LogP contribution in [0.4, 0.5) is 13.2 Å². The Balaban J connectivity index is 1.57. The molecule has 31 heavy (non-hydrogen) atoms. The van der Waals surface area contributed by atoms with Gasteiger partial charge in [-0.2, -0.15) is 13.2 Å². The van der Waals surface area contributed by atoms with Crippen molar-refractivity contribution in [3.8, 4) is 11.3 Å². The molecule has 0 N–H and O–H groups in total. The van der Waals surface area contributed by atoms with Crippen LogP contribution in [-0.2, 0) is 17.4 Å². The fourth-order valence-corrected chi connectivity index (χ4v) is 3.91. The van der Waals surface area contributed by atoms with Crippen LogP contribution in [0.25, 0.3) is 11.3 Å². The largest absolute Gasteiger partial charge is 0.416 e. The molecular weight excluding hydrogens is 405 g/mol. The van der Waals surface area contributed by atoms with Gasteiger partial charge in [-0.1, -0.05) is 18.2 Å². The molecule has 5 nitrogen and oxygen atoms in total. The van der Waals surface area contributed by atoms with Gasteiger partial charge >= 0.3 is 6.18 Å². The molecule has 0 unspecified atom stereocenters. The Morgan fingerprint density at radius 3 is 2.65 bits per heavy atom. The molecule has 160 valence electrons. The van der Waals surface area contributed by atoms with Crippen molar-refractivity contribution in [3.05, 3.63) is 78.0 Å². The Kier molecular flexibility index (Phi) is 5.97. The fraction of sp³-hybridized carbons (Fsp3) is 0.304. The third-order valence-electron chi connectivity index (χ3n) is 5.41.